The van der Waals surface area contributed by atoms with Crippen LogP contribution in [0.25, 0.3) is 10.8 Å². The zero-order valence-electron chi connectivity index (χ0n) is 16.9. The number of nitrogens with one attached hydrogen (secondary N) is 2. The monoisotopic (exact) mass is 394 g/mol. The zero-order valence-corrected chi connectivity index (χ0v) is 16.9. The molecule has 3 aliphatic heterocycles. The highest BCUT2D eigenvalue weighted by Gasteiger charge is 2.45. The molecular formula is C23H30N4O2. The smallest absolute Gasteiger partial charge is 0.241 e. The Morgan fingerprint density at radius 1 is 1.03 bits per heavy atom. The number of aliphatic hydroxyl groups is 1. The lowest BCUT2D eigenvalue weighted by atomic mass is 9.84. The van der Waals surface area contributed by atoms with Gasteiger partial charge in [-0.1, -0.05) is 42.5 Å². The molecule has 3 aliphatic rings. The molecule has 154 valence electrons. The van der Waals surface area contributed by atoms with E-state index >= 15 is 0 Å². The first-order valence-corrected chi connectivity index (χ1v) is 10.8. The van der Waals surface area contributed by atoms with Gasteiger partial charge in [0.25, 0.3) is 0 Å². The van der Waals surface area contributed by atoms with Crippen molar-refractivity contribution in [1.82, 2.24) is 20.7 Å². The van der Waals surface area contributed by atoms with E-state index < -0.39 is 6.10 Å². The van der Waals surface area contributed by atoms with E-state index in [0.717, 1.165) is 31.5 Å². The largest absolute Gasteiger partial charge is 0.391 e. The van der Waals surface area contributed by atoms with Crippen molar-refractivity contribution in [3.05, 3.63) is 48.0 Å². The van der Waals surface area contributed by atoms with Crippen molar-refractivity contribution < 1.29 is 9.90 Å². The number of hydrazine groups is 1. The average Bonchev–Trinajstić information content (AvgIpc) is 3.15. The number of rotatable bonds is 2. The number of hydrogen-bond donors (Lipinski definition) is 3. The standard InChI is InChI=1S/C23H30N4O2/c1-26-10-9-20-19(13-26)22(25-24-20)23(29)27-11-8-18(21(28)14-27)17-7-6-15-4-2-3-5-16(15)12-17/h2-7,12,18-22,24-25,28H,8-11,13-14H2,1H3/t18-,19?,20?,21+,22?/m0/s1. The van der Waals surface area contributed by atoms with E-state index in [4.69, 9.17) is 0 Å². The van der Waals surface area contributed by atoms with E-state index in [-0.39, 0.29) is 23.8 Å². The second kappa shape index (κ2) is 7.69. The van der Waals surface area contributed by atoms with Crippen LogP contribution < -0.4 is 10.9 Å². The lowest BCUT2D eigenvalue weighted by Crippen LogP contribution is -2.54. The Hall–Kier alpha value is -1.99. The van der Waals surface area contributed by atoms with Gasteiger partial charge in [0.15, 0.2) is 0 Å². The van der Waals surface area contributed by atoms with Crippen LogP contribution in [0.15, 0.2) is 42.5 Å². The topological polar surface area (TPSA) is 67.8 Å². The summed E-state index contributed by atoms with van der Waals surface area (Å²) >= 11 is 0. The number of benzene rings is 2. The molecule has 0 aliphatic carbocycles. The van der Waals surface area contributed by atoms with Gasteiger partial charge in [-0.25, -0.2) is 5.43 Å². The van der Waals surface area contributed by atoms with Crippen molar-refractivity contribution in [1.29, 1.82) is 0 Å². The van der Waals surface area contributed by atoms with Crippen LogP contribution in [0.4, 0.5) is 0 Å². The van der Waals surface area contributed by atoms with Crippen molar-refractivity contribution in [3.63, 3.8) is 0 Å². The number of likely N-dealkylation sites (tertiary alicyclic amines) is 2. The molecule has 5 rings (SSSR count). The number of nitrogens with zero attached hydrogens (tertiary/aromatic N) is 2. The number of β-amino-alcohol motifs (C(OH)–C–C–N with tert-alkyl or cyclic N) is 1. The molecule has 3 fully saturated rings. The van der Waals surface area contributed by atoms with Crippen molar-refractivity contribution in [2.24, 2.45) is 5.92 Å². The predicted molar refractivity (Wildman–Crippen MR) is 113 cm³/mol. The first-order valence-electron chi connectivity index (χ1n) is 10.8. The lowest BCUT2D eigenvalue weighted by molar-refractivity contribution is -0.138. The fourth-order valence-corrected chi connectivity index (χ4v) is 5.37. The fourth-order valence-electron chi connectivity index (χ4n) is 5.37. The molecule has 6 heteroatoms. The minimum Gasteiger partial charge on any atom is -0.391 e. The van der Waals surface area contributed by atoms with E-state index in [2.05, 4.69) is 53.1 Å². The minimum atomic E-state index is -0.534. The Kier molecular flexibility index (Phi) is 5.04. The van der Waals surface area contributed by atoms with Gasteiger partial charge in [-0.15, -0.1) is 0 Å². The fraction of sp³-hybridized carbons (Fsp3) is 0.522. The molecule has 0 radical (unpaired) electrons. The third-order valence-corrected chi connectivity index (χ3v) is 7.07. The molecule has 29 heavy (non-hydrogen) atoms. The number of fused-ring (bicyclic) bond motifs is 2. The number of hydrogen-bond acceptors (Lipinski definition) is 5. The van der Waals surface area contributed by atoms with Gasteiger partial charge in [0.05, 0.1) is 6.10 Å². The number of carbonyl (C=O) groups excluding carboxylic acids is 1. The van der Waals surface area contributed by atoms with Crippen LogP contribution in [-0.4, -0.2) is 72.2 Å². The predicted octanol–water partition coefficient (Wildman–Crippen LogP) is 1.31. The van der Waals surface area contributed by atoms with Gasteiger partial charge >= 0.3 is 0 Å². The van der Waals surface area contributed by atoms with E-state index in [1.54, 1.807) is 0 Å². The number of aliphatic hydroxyl groups excluding tert-OH is 1. The molecule has 3 saturated heterocycles. The molecule has 0 aromatic heterocycles. The molecule has 1 amide bonds. The highest BCUT2D eigenvalue weighted by Crippen LogP contribution is 2.32. The molecule has 2 aromatic rings. The molecule has 3 N–H and O–H groups in total. The normalized spacial score (nSPS) is 33.0. The van der Waals surface area contributed by atoms with Gasteiger partial charge in [0.1, 0.15) is 6.04 Å². The molecule has 3 unspecified atom stereocenters. The van der Waals surface area contributed by atoms with Crippen molar-refractivity contribution in [3.8, 4) is 0 Å². The maximum absolute atomic E-state index is 13.2. The van der Waals surface area contributed by atoms with Crippen molar-refractivity contribution in [2.45, 2.75) is 36.9 Å². The Morgan fingerprint density at radius 3 is 2.69 bits per heavy atom. The van der Waals surface area contributed by atoms with Gasteiger partial charge in [0, 0.05) is 37.5 Å². The van der Waals surface area contributed by atoms with E-state index in [9.17, 15) is 9.90 Å². The third-order valence-electron chi connectivity index (χ3n) is 7.07. The molecule has 5 atom stereocenters. The van der Waals surface area contributed by atoms with Crippen LogP contribution in [0.3, 0.4) is 0 Å². The second-order valence-electron chi connectivity index (χ2n) is 8.94. The first kappa shape index (κ1) is 19.0. The number of amides is 1. The minimum absolute atomic E-state index is 0.0758. The van der Waals surface area contributed by atoms with Crippen LogP contribution in [0, 0.1) is 5.92 Å². The van der Waals surface area contributed by atoms with E-state index in [0.29, 0.717) is 19.1 Å². The Morgan fingerprint density at radius 2 is 1.86 bits per heavy atom. The van der Waals surface area contributed by atoms with Crippen molar-refractivity contribution >= 4 is 16.7 Å². The summed E-state index contributed by atoms with van der Waals surface area (Å²) in [4.78, 5) is 17.4. The van der Waals surface area contributed by atoms with Crippen LogP contribution in [-0.2, 0) is 4.79 Å². The highest BCUT2D eigenvalue weighted by atomic mass is 16.3. The summed E-state index contributed by atoms with van der Waals surface area (Å²) in [6.45, 7) is 3.09. The highest BCUT2D eigenvalue weighted by molar-refractivity contribution is 5.84. The summed E-state index contributed by atoms with van der Waals surface area (Å²) in [5.41, 5.74) is 7.73. The Labute approximate surface area is 171 Å². The molecule has 6 nitrogen and oxygen atoms in total. The Bertz CT molecular complexity index is 903. The van der Waals surface area contributed by atoms with E-state index in [1.165, 1.54) is 10.8 Å². The molecule has 3 heterocycles. The summed E-state index contributed by atoms with van der Waals surface area (Å²) in [5, 5.41) is 13.3. The maximum atomic E-state index is 13.2. The van der Waals surface area contributed by atoms with Gasteiger partial charge in [-0.2, -0.15) is 0 Å². The van der Waals surface area contributed by atoms with Gasteiger partial charge in [-0.05, 0) is 42.8 Å². The Balaban J connectivity index is 1.27. The van der Waals surface area contributed by atoms with Crippen molar-refractivity contribution in [2.75, 3.05) is 33.2 Å². The first-order chi connectivity index (χ1) is 14.1. The van der Waals surface area contributed by atoms with Gasteiger partial charge < -0.3 is 14.9 Å². The summed E-state index contributed by atoms with van der Waals surface area (Å²) in [7, 11) is 2.12. The summed E-state index contributed by atoms with van der Waals surface area (Å²) in [6, 6.07) is 14.9. The van der Waals surface area contributed by atoms with Gasteiger partial charge in [-0.3, -0.25) is 10.2 Å². The summed E-state index contributed by atoms with van der Waals surface area (Å²) < 4.78 is 0. The molecule has 2 aromatic carbocycles. The maximum Gasteiger partial charge on any atom is 0.241 e. The third kappa shape index (κ3) is 3.55. The van der Waals surface area contributed by atoms with Crippen LogP contribution in [0.2, 0.25) is 0 Å². The van der Waals surface area contributed by atoms with Crippen LogP contribution in [0.5, 0.6) is 0 Å². The van der Waals surface area contributed by atoms with Gasteiger partial charge in [0.2, 0.25) is 5.91 Å². The molecule has 0 saturated carbocycles. The van der Waals surface area contributed by atoms with E-state index in [1.807, 2.05) is 17.0 Å². The quantitative estimate of drug-likeness (QED) is 0.717. The summed E-state index contributed by atoms with van der Waals surface area (Å²) in [6.07, 6.45) is 1.32. The number of carbonyl (C=O) groups is 1. The molecular weight excluding hydrogens is 364 g/mol. The SMILES string of the molecule is CN1CCC2NNC(C(=O)N3CC[C@@H](c4ccc5ccccc5c4)[C@H](O)C3)C2C1. The van der Waals surface area contributed by atoms with Crippen LogP contribution >= 0.6 is 0 Å². The summed E-state index contributed by atoms with van der Waals surface area (Å²) in [5.74, 6) is 0.486. The van der Waals surface area contributed by atoms with Crippen LogP contribution in [0.1, 0.15) is 24.3 Å². The number of piperidine rings is 2. The molecule has 0 spiro atoms. The lowest BCUT2D eigenvalue weighted by Gasteiger charge is -2.39. The zero-order chi connectivity index (χ0) is 20.0. The second-order valence-corrected chi connectivity index (χ2v) is 8.94. The average molecular weight is 395 g/mol. The molecule has 0 bridgehead atoms.